The molecule has 1 aromatic carbocycles. The summed E-state index contributed by atoms with van der Waals surface area (Å²) in [6, 6.07) is 8.37. The zero-order chi connectivity index (χ0) is 14.9. The van der Waals surface area contributed by atoms with E-state index in [-0.39, 0.29) is 0 Å². The smallest absolute Gasteiger partial charge is 0.0731 e. The standard InChI is InChI=1S/C18H26N2O/c1-3-20-17-9-5-4-8-15(17)16(19-20)13-18(21)11-6-7-14(2)10-12-18/h4-5,8-9,14,21H,3,6-7,10-13H2,1-2H3. The summed E-state index contributed by atoms with van der Waals surface area (Å²) in [6.45, 7) is 5.29. The van der Waals surface area contributed by atoms with Gasteiger partial charge >= 0.3 is 0 Å². The maximum absolute atomic E-state index is 11.0. The zero-order valence-electron chi connectivity index (χ0n) is 13.2. The third kappa shape index (κ3) is 2.98. The lowest BCUT2D eigenvalue weighted by molar-refractivity contribution is 0.0236. The Hall–Kier alpha value is -1.35. The van der Waals surface area contributed by atoms with E-state index < -0.39 is 5.60 Å². The number of rotatable bonds is 3. The fourth-order valence-corrected chi connectivity index (χ4v) is 3.62. The molecule has 0 bridgehead atoms. The topological polar surface area (TPSA) is 38.0 Å². The van der Waals surface area contributed by atoms with Gasteiger partial charge in [-0.05, 0) is 38.2 Å². The number of aromatic nitrogens is 2. The second kappa shape index (κ2) is 5.80. The van der Waals surface area contributed by atoms with Crippen LogP contribution in [0.4, 0.5) is 0 Å². The number of hydrogen-bond donors (Lipinski definition) is 1. The molecule has 0 spiro atoms. The Labute approximate surface area is 127 Å². The van der Waals surface area contributed by atoms with E-state index in [2.05, 4.69) is 38.1 Å². The van der Waals surface area contributed by atoms with Gasteiger partial charge in [0.1, 0.15) is 0 Å². The second-order valence-electron chi connectivity index (χ2n) is 6.72. The molecule has 0 amide bonds. The summed E-state index contributed by atoms with van der Waals surface area (Å²) in [5, 5.41) is 17.0. The van der Waals surface area contributed by atoms with Crippen molar-refractivity contribution in [3.63, 3.8) is 0 Å². The molecule has 2 aromatic rings. The summed E-state index contributed by atoms with van der Waals surface area (Å²) in [4.78, 5) is 0. The van der Waals surface area contributed by atoms with Crippen LogP contribution in [0.5, 0.6) is 0 Å². The van der Waals surface area contributed by atoms with E-state index in [4.69, 9.17) is 5.10 Å². The van der Waals surface area contributed by atoms with E-state index in [0.717, 1.165) is 43.8 Å². The van der Waals surface area contributed by atoms with Crippen LogP contribution in [0.3, 0.4) is 0 Å². The maximum atomic E-state index is 11.0. The summed E-state index contributed by atoms with van der Waals surface area (Å²) in [5.41, 5.74) is 1.67. The quantitative estimate of drug-likeness (QED) is 0.868. The van der Waals surface area contributed by atoms with Crippen molar-refractivity contribution in [1.82, 2.24) is 9.78 Å². The molecule has 3 rings (SSSR count). The molecular weight excluding hydrogens is 260 g/mol. The first kappa shape index (κ1) is 14.6. The first-order valence-corrected chi connectivity index (χ1v) is 8.28. The minimum Gasteiger partial charge on any atom is -0.389 e. The molecular formula is C18H26N2O. The highest BCUT2D eigenvalue weighted by Gasteiger charge is 2.31. The Morgan fingerprint density at radius 2 is 2.10 bits per heavy atom. The molecule has 3 nitrogen and oxygen atoms in total. The highest BCUT2D eigenvalue weighted by molar-refractivity contribution is 5.82. The Morgan fingerprint density at radius 1 is 1.29 bits per heavy atom. The van der Waals surface area contributed by atoms with Crippen molar-refractivity contribution < 1.29 is 5.11 Å². The first-order valence-electron chi connectivity index (χ1n) is 8.28. The van der Waals surface area contributed by atoms with Gasteiger partial charge < -0.3 is 5.11 Å². The van der Waals surface area contributed by atoms with Gasteiger partial charge in [-0.2, -0.15) is 5.10 Å². The Morgan fingerprint density at radius 3 is 2.90 bits per heavy atom. The maximum Gasteiger partial charge on any atom is 0.0731 e. The zero-order valence-corrected chi connectivity index (χ0v) is 13.2. The summed E-state index contributed by atoms with van der Waals surface area (Å²) in [5.74, 6) is 0.740. The molecule has 114 valence electrons. The predicted octanol–water partition coefficient (Wildman–Crippen LogP) is 3.93. The molecule has 3 heteroatoms. The number of benzene rings is 1. The van der Waals surface area contributed by atoms with Gasteiger partial charge in [0.05, 0.1) is 16.8 Å². The number of aryl methyl sites for hydroxylation is 1. The molecule has 1 aliphatic carbocycles. The summed E-state index contributed by atoms with van der Waals surface area (Å²) in [6.07, 6.45) is 6.00. The summed E-state index contributed by atoms with van der Waals surface area (Å²) in [7, 11) is 0. The average molecular weight is 286 g/mol. The van der Waals surface area contributed by atoms with Crippen molar-refractivity contribution in [3.05, 3.63) is 30.0 Å². The van der Waals surface area contributed by atoms with Crippen molar-refractivity contribution in [1.29, 1.82) is 0 Å². The number of hydrogen-bond acceptors (Lipinski definition) is 2. The van der Waals surface area contributed by atoms with Crippen molar-refractivity contribution in [3.8, 4) is 0 Å². The van der Waals surface area contributed by atoms with Crippen LogP contribution >= 0.6 is 0 Å². The van der Waals surface area contributed by atoms with Gasteiger partial charge in [-0.1, -0.05) is 38.0 Å². The van der Waals surface area contributed by atoms with E-state index in [0.29, 0.717) is 6.42 Å². The van der Waals surface area contributed by atoms with Crippen LogP contribution in [0.2, 0.25) is 0 Å². The molecule has 2 atom stereocenters. The normalized spacial score (nSPS) is 26.9. The highest BCUT2D eigenvalue weighted by atomic mass is 16.3. The molecule has 1 saturated carbocycles. The minimum atomic E-state index is -0.569. The molecule has 0 aliphatic heterocycles. The second-order valence-corrected chi connectivity index (χ2v) is 6.72. The lowest BCUT2D eigenvalue weighted by atomic mass is 9.88. The molecule has 0 radical (unpaired) electrons. The molecule has 1 aromatic heterocycles. The molecule has 0 saturated heterocycles. The van der Waals surface area contributed by atoms with Gasteiger partial charge in [-0.15, -0.1) is 0 Å². The van der Waals surface area contributed by atoms with Crippen molar-refractivity contribution in [2.75, 3.05) is 0 Å². The molecule has 2 unspecified atom stereocenters. The van der Waals surface area contributed by atoms with E-state index in [1.165, 1.54) is 17.3 Å². The summed E-state index contributed by atoms with van der Waals surface area (Å²) >= 11 is 0. The van der Waals surface area contributed by atoms with Gasteiger partial charge in [-0.3, -0.25) is 4.68 Å². The average Bonchev–Trinajstić information content (AvgIpc) is 2.74. The Kier molecular flexibility index (Phi) is 4.03. The lowest BCUT2D eigenvalue weighted by Gasteiger charge is -2.26. The Balaban J connectivity index is 1.90. The van der Waals surface area contributed by atoms with Gasteiger partial charge in [0.15, 0.2) is 0 Å². The third-order valence-electron chi connectivity index (χ3n) is 4.97. The first-order chi connectivity index (χ1) is 10.1. The van der Waals surface area contributed by atoms with E-state index in [1.807, 2.05) is 4.68 Å². The fraction of sp³-hybridized carbons (Fsp3) is 0.611. The predicted molar refractivity (Wildman–Crippen MR) is 86.3 cm³/mol. The number of aliphatic hydroxyl groups is 1. The number of fused-ring (bicyclic) bond motifs is 1. The number of nitrogens with zero attached hydrogens (tertiary/aromatic N) is 2. The minimum absolute atomic E-state index is 0.569. The van der Waals surface area contributed by atoms with Crippen molar-refractivity contribution >= 4 is 10.9 Å². The number of para-hydroxylation sites is 1. The van der Waals surface area contributed by atoms with Gasteiger partial charge in [0, 0.05) is 18.4 Å². The summed E-state index contributed by atoms with van der Waals surface area (Å²) < 4.78 is 2.05. The van der Waals surface area contributed by atoms with E-state index >= 15 is 0 Å². The van der Waals surface area contributed by atoms with Crippen LogP contribution in [0.25, 0.3) is 10.9 Å². The molecule has 1 N–H and O–H groups in total. The van der Waals surface area contributed by atoms with Crippen LogP contribution < -0.4 is 0 Å². The van der Waals surface area contributed by atoms with E-state index in [1.54, 1.807) is 0 Å². The van der Waals surface area contributed by atoms with Crippen LogP contribution in [0.1, 0.15) is 51.6 Å². The molecule has 1 aliphatic rings. The highest BCUT2D eigenvalue weighted by Crippen LogP contribution is 2.34. The molecule has 1 heterocycles. The van der Waals surface area contributed by atoms with Gasteiger partial charge in [0.2, 0.25) is 0 Å². The monoisotopic (exact) mass is 286 g/mol. The van der Waals surface area contributed by atoms with Crippen LogP contribution in [-0.4, -0.2) is 20.5 Å². The lowest BCUT2D eigenvalue weighted by Crippen LogP contribution is -2.31. The fourth-order valence-electron chi connectivity index (χ4n) is 3.62. The van der Waals surface area contributed by atoms with Crippen molar-refractivity contribution in [2.24, 2.45) is 5.92 Å². The largest absolute Gasteiger partial charge is 0.389 e. The van der Waals surface area contributed by atoms with Crippen molar-refractivity contribution in [2.45, 2.75) is 64.5 Å². The Bertz CT molecular complexity index is 619. The molecule has 1 fully saturated rings. The SMILES string of the molecule is CCn1nc(CC2(O)CCCC(C)CC2)c2ccccc21. The molecule has 21 heavy (non-hydrogen) atoms. The van der Waals surface area contributed by atoms with Crippen LogP contribution in [0.15, 0.2) is 24.3 Å². The van der Waals surface area contributed by atoms with Gasteiger partial charge in [0.25, 0.3) is 0 Å². The van der Waals surface area contributed by atoms with Crippen LogP contribution in [-0.2, 0) is 13.0 Å². The van der Waals surface area contributed by atoms with Crippen LogP contribution in [0, 0.1) is 5.92 Å². The van der Waals surface area contributed by atoms with E-state index in [9.17, 15) is 5.11 Å². The third-order valence-corrected chi connectivity index (χ3v) is 4.97. The van der Waals surface area contributed by atoms with Gasteiger partial charge in [-0.25, -0.2) is 0 Å².